The molecule has 0 spiro atoms. The smallest absolute Gasteiger partial charge is 0.262 e. The number of methoxy groups -OCH3 is 1. The summed E-state index contributed by atoms with van der Waals surface area (Å²) in [6, 6.07) is 11.2. The number of aryl methyl sites for hydroxylation is 1. The van der Waals surface area contributed by atoms with Crippen molar-refractivity contribution in [2.45, 2.75) is 66.2 Å². The molecule has 1 aliphatic heterocycles. The number of carbonyl (C=O) groups excluding carboxylic acids is 3. The molecule has 0 aromatic heterocycles. The monoisotopic (exact) mass is 620 g/mol. The van der Waals surface area contributed by atoms with E-state index in [1.807, 2.05) is 43.3 Å². The number of hydrogen-bond donors (Lipinski definition) is 2. The van der Waals surface area contributed by atoms with Crippen molar-refractivity contribution in [2.24, 2.45) is 10.8 Å². The fourth-order valence-corrected chi connectivity index (χ4v) is 6.90. The highest BCUT2D eigenvalue weighted by atomic mass is 79.9. The summed E-state index contributed by atoms with van der Waals surface area (Å²) in [6.07, 6.45) is 2.29. The van der Waals surface area contributed by atoms with Crippen molar-refractivity contribution in [2.75, 3.05) is 19.0 Å². The molecule has 0 atom stereocenters. The molecule has 1 heterocycles. The number of anilines is 1. The number of hydrogen-bond acceptors (Lipinski definition) is 6. The Morgan fingerprint density at radius 2 is 1.59 bits per heavy atom. The lowest BCUT2D eigenvalue weighted by atomic mass is 9.64. The third kappa shape index (κ3) is 5.98. The molecule has 216 valence electrons. The second-order valence-electron chi connectivity index (χ2n) is 13.0. The second-order valence-corrected chi connectivity index (χ2v) is 13.8. The van der Waals surface area contributed by atoms with Gasteiger partial charge in [-0.25, -0.2) is 0 Å². The summed E-state index contributed by atoms with van der Waals surface area (Å²) in [5.41, 5.74) is 5.30. The average molecular weight is 622 g/mol. The summed E-state index contributed by atoms with van der Waals surface area (Å²) < 4.78 is 12.2. The normalized spacial score (nSPS) is 19.8. The van der Waals surface area contributed by atoms with Crippen LogP contribution in [0.25, 0.3) is 0 Å². The van der Waals surface area contributed by atoms with Crippen molar-refractivity contribution in [3.05, 3.63) is 74.5 Å². The van der Waals surface area contributed by atoms with Crippen LogP contribution in [-0.4, -0.2) is 31.2 Å². The highest BCUT2D eigenvalue weighted by Gasteiger charge is 2.46. The molecule has 2 aliphatic carbocycles. The molecule has 1 amide bonds. The molecule has 2 N–H and O–H groups in total. The topological polar surface area (TPSA) is 93.7 Å². The number of rotatable bonds is 6. The summed E-state index contributed by atoms with van der Waals surface area (Å²) in [5, 5.41) is 6.39. The Morgan fingerprint density at radius 1 is 0.976 bits per heavy atom. The summed E-state index contributed by atoms with van der Waals surface area (Å²) in [6.45, 7) is 10.2. The van der Waals surface area contributed by atoms with Gasteiger partial charge in [-0.15, -0.1) is 0 Å². The number of Topliss-reactive ketones (excluding diaryl/α,β-unsaturated/α-hetero) is 2. The van der Waals surface area contributed by atoms with Crippen LogP contribution in [0.15, 0.2) is 63.4 Å². The fraction of sp³-hybridized carbons (Fsp3) is 0.424. The van der Waals surface area contributed by atoms with Crippen LogP contribution in [0, 0.1) is 17.8 Å². The van der Waals surface area contributed by atoms with Crippen LogP contribution in [0.3, 0.4) is 0 Å². The predicted octanol–water partition coefficient (Wildman–Crippen LogP) is 6.76. The highest BCUT2D eigenvalue weighted by Crippen LogP contribution is 2.52. The molecular weight excluding hydrogens is 584 g/mol. The summed E-state index contributed by atoms with van der Waals surface area (Å²) in [4.78, 5) is 39.9. The van der Waals surface area contributed by atoms with Gasteiger partial charge in [-0.05, 0) is 81.9 Å². The van der Waals surface area contributed by atoms with Gasteiger partial charge in [0.15, 0.2) is 29.7 Å². The minimum absolute atomic E-state index is 0.0566. The summed E-state index contributed by atoms with van der Waals surface area (Å²) in [7, 11) is 1.53. The first kappa shape index (κ1) is 29.1. The second kappa shape index (κ2) is 10.8. The van der Waals surface area contributed by atoms with Crippen molar-refractivity contribution in [3.63, 3.8) is 0 Å². The Kier molecular flexibility index (Phi) is 7.66. The first-order valence-electron chi connectivity index (χ1n) is 13.9. The van der Waals surface area contributed by atoms with Gasteiger partial charge in [-0.3, -0.25) is 14.4 Å². The first-order chi connectivity index (χ1) is 19.3. The largest absolute Gasteiger partial charge is 0.493 e. The lowest BCUT2D eigenvalue weighted by molar-refractivity contribution is -0.119. The van der Waals surface area contributed by atoms with Gasteiger partial charge >= 0.3 is 0 Å². The van der Waals surface area contributed by atoms with E-state index >= 15 is 0 Å². The van der Waals surface area contributed by atoms with Crippen molar-refractivity contribution >= 4 is 39.1 Å². The highest BCUT2D eigenvalue weighted by molar-refractivity contribution is 9.10. The van der Waals surface area contributed by atoms with E-state index < -0.39 is 5.92 Å². The number of benzene rings is 2. The Morgan fingerprint density at radius 3 is 2.15 bits per heavy atom. The van der Waals surface area contributed by atoms with E-state index in [-0.39, 0.29) is 34.9 Å². The number of allylic oxidation sites excluding steroid dienone is 4. The number of dihydropyridines is 1. The van der Waals surface area contributed by atoms with Crippen LogP contribution in [-0.2, 0) is 14.4 Å². The van der Waals surface area contributed by atoms with Crippen LogP contribution in [0.5, 0.6) is 11.5 Å². The van der Waals surface area contributed by atoms with Gasteiger partial charge in [-0.1, -0.05) is 39.8 Å². The molecule has 2 aromatic carbocycles. The molecule has 0 fully saturated rings. The van der Waals surface area contributed by atoms with Gasteiger partial charge < -0.3 is 20.1 Å². The number of carbonyl (C=O) groups is 3. The molecule has 41 heavy (non-hydrogen) atoms. The number of nitrogens with one attached hydrogen (secondary N) is 2. The molecule has 0 bridgehead atoms. The van der Waals surface area contributed by atoms with Crippen molar-refractivity contribution < 1.29 is 23.9 Å². The van der Waals surface area contributed by atoms with E-state index in [1.165, 1.54) is 7.11 Å². The Hall–Kier alpha value is -3.39. The zero-order valence-corrected chi connectivity index (χ0v) is 26.1. The Labute approximate surface area is 249 Å². The van der Waals surface area contributed by atoms with E-state index in [0.717, 1.165) is 35.4 Å². The minimum Gasteiger partial charge on any atom is -0.493 e. The standard InChI is InChI=1S/C33H37BrN2O5/c1-18-8-7-9-20(10-18)35-27(39)17-41-31-21(34)11-19(12-26(31)40-6)28-29-22(13-32(2,3)15-24(29)37)36-23-14-33(4,5)16-25(38)30(23)28/h7-12,28,36H,13-17H2,1-6H3,(H,35,39). The molecule has 0 saturated carbocycles. The quantitative estimate of drug-likeness (QED) is 0.371. The van der Waals surface area contributed by atoms with E-state index in [1.54, 1.807) is 0 Å². The predicted molar refractivity (Wildman–Crippen MR) is 162 cm³/mol. The van der Waals surface area contributed by atoms with Crippen molar-refractivity contribution in [1.29, 1.82) is 0 Å². The maximum Gasteiger partial charge on any atom is 0.262 e. The van der Waals surface area contributed by atoms with E-state index in [9.17, 15) is 14.4 Å². The lowest BCUT2D eigenvalue weighted by Crippen LogP contribution is -2.42. The van der Waals surface area contributed by atoms with Crippen LogP contribution in [0.2, 0.25) is 0 Å². The van der Waals surface area contributed by atoms with Crippen LogP contribution in [0.4, 0.5) is 5.69 Å². The molecule has 0 saturated heterocycles. The summed E-state index contributed by atoms with van der Waals surface area (Å²) >= 11 is 3.62. The fourth-order valence-electron chi connectivity index (χ4n) is 6.33. The van der Waals surface area contributed by atoms with Crippen molar-refractivity contribution in [3.8, 4) is 11.5 Å². The van der Waals surface area contributed by atoms with Crippen LogP contribution in [0.1, 0.15) is 70.4 Å². The maximum absolute atomic E-state index is 13.6. The van der Waals surface area contributed by atoms with Gasteiger partial charge in [0.25, 0.3) is 5.91 Å². The zero-order valence-electron chi connectivity index (χ0n) is 24.5. The number of ketones is 2. The maximum atomic E-state index is 13.6. The number of halogens is 1. The third-order valence-corrected chi connectivity index (χ3v) is 8.54. The van der Waals surface area contributed by atoms with Crippen molar-refractivity contribution in [1.82, 2.24) is 5.32 Å². The minimum atomic E-state index is -0.502. The molecular formula is C33H37BrN2O5. The third-order valence-electron chi connectivity index (χ3n) is 7.95. The SMILES string of the molecule is COc1cc(C2C3=C(CC(C)(C)CC3=O)NC3=C2C(=O)CC(C)(C)C3)cc(Br)c1OCC(=O)Nc1cccc(C)c1. The Balaban J connectivity index is 1.50. The first-order valence-corrected chi connectivity index (χ1v) is 14.7. The number of amides is 1. The van der Waals surface area contributed by atoms with Gasteiger partial charge in [0.1, 0.15) is 0 Å². The van der Waals surface area contributed by atoms with Gasteiger partial charge in [0.05, 0.1) is 11.6 Å². The van der Waals surface area contributed by atoms with Crippen LogP contribution >= 0.6 is 15.9 Å². The molecule has 0 unspecified atom stereocenters. The molecule has 5 rings (SSSR count). The van der Waals surface area contributed by atoms with Gasteiger partial charge in [0, 0.05) is 47.0 Å². The zero-order chi connectivity index (χ0) is 29.7. The van der Waals surface area contributed by atoms with Gasteiger partial charge in [-0.2, -0.15) is 0 Å². The molecule has 2 aromatic rings. The van der Waals surface area contributed by atoms with E-state index in [4.69, 9.17) is 9.47 Å². The van der Waals surface area contributed by atoms with Crippen LogP contribution < -0.4 is 20.1 Å². The van der Waals surface area contributed by atoms with E-state index in [0.29, 0.717) is 45.6 Å². The molecule has 8 heteroatoms. The van der Waals surface area contributed by atoms with Gasteiger partial charge in [0.2, 0.25) is 0 Å². The molecule has 7 nitrogen and oxygen atoms in total. The van der Waals surface area contributed by atoms with E-state index in [2.05, 4.69) is 54.3 Å². The number of ether oxygens (including phenoxy) is 2. The molecule has 0 radical (unpaired) electrons. The summed E-state index contributed by atoms with van der Waals surface area (Å²) in [5.74, 6) is 0.0926. The molecule has 3 aliphatic rings. The lowest BCUT2D eigenvalue weighted by Gasteiger charge is -2.44. The Bertz CT molecular complexity index is 1470. The average Bonchev–Trinajstić information content (AvgIpc) is 2.84.